The number of anilines is 2. The van der Waals surface area contributed by atoms with E-state index < -0.39 is 0 Å². The molecule has 134 valence electrons. The third kappa shape index (κ3) is 3.58. The molecule has 5 nitrogen and oxygen atoms in total. The number of benzene rings is 2. The normalized spacial score (nSPS) is 14.6. The number of H-pyrrole nitrogens is 1. The zero-order chi connectivity index (χ0) is 17.9. The molecule has 1 aliphatic rings. The van der Waals surface area contributed by atoms with E-state index in [0.29, 0.717) is 6.54 Å². The van der Waals surface area contributed by atoms with Crippen LogP contribution in [0, 0.1) is 6.92 Å². The van der Waals surface area contributed by atoms with Gasteiger partial charge in [0.25, 0.3) is 5.56 Å². The van der Waals surface area contributed by atoms with Crippen molar-refractivity contribution in [1.82, 2.24) is 4.98 Å². The van der Waals surface area contributed by atoms with Crippen LogP contribution in [-0.2, 0) is 11.3 Å². The van der Waals surface area contributed by atoms with Crippen molar-refractivity contribution in [3.8, 4) is 0 Å². The van der Waals surface area contributed by atoms with Crippen molar-refractivity contribution in [3.63, 3.8) is 0 Å². The summed E-state index contributed by atoms with van der Waals surface area (Å²) in [6.45, 7) is 5.97. The number of hydrogen-bond donors (Lipinski definition) is 2. The van der Waals surface area contributed by atoms with Gasteiger partial charge < -0.3 is 19.9 Å². The van der Waals surface area contributed by atoms with Crippen LogP contribution in [0.15, 0.2) is 53.3 Å². The van der Waals surface area contributed by atoms with Crippen LogP contribution in [-0.4, -0.2) is 31.3 Å². The van der Waals surface area contributed by atoms with Crippen LogP contribution >= 0.6 is 0 Å². The second-order valence-electron chi connectivity index (χ2n) is 6.71. The average molecular weight is 349 g/mol. The van der Waals surface area contributed by atoms with Crippen LogP contribution in [0.4, 0.5) is 11.4 Å². The number of nitrogens with one attached hydrogen (secondary N) is 2. The smallest absolute Gasteiger partial charge is 0.253 e. The first kappa shape index (κ1) is 16.7. The van der Waals surface area contributed by atoms with Crippen LogP contribution in [0.1, 0.15) is 11.1 Å². The molecule has 2 N–H and O–H groups in total. The molecule has 0 aliphatic carbocycles. The Kier molecular flexibility index (Phi) is 4.63. The number of aryl methyl sites for hydroxylation is 1. The molecule has 0 atom stereocenters. The van der Waals surface area contributed by atoms with Gasteiger partial charge in [0.05, 0.1) is 13.2 Å². The summed E-state index contributed by atoms with van der Waals surface area (Å²) >= 11 is 0. The van der Waals surface area contributed by atoms with Gasteiger partial charge in [-0.15, -0.1) is 0 Å². The molecule has 0 bridgehead atoms. The number of pyridine rings is 1. The number of ether oxygens (including phenoxy) is 1. The number of fused-ring (bicyclic) bond motifs is 1. The predicted molar refractivity (Wildman–Crippen MR) is 106 cm³/mol. The lowest BCUT2D eigenvalue weighted by Crippen LogP contribution is -2.36. The van der Waals surface area contributed by atoms with E-state index in [0.717, 1.165) is 48.5 Å². The highest BCUT2D eigenvalue weighted by Crippen LogP contribution is 2.20. The van der Waals surface area contributed by atoms with E-state index in [1.807, 2.05) is 18.2 Å². The molecular formula is C21H23N3O2. The van der Waals surface area contributed by atoms with Gasteiger partial charge >= 0.3 is 0 Å². The van der Waals surface area contributed by atoms with E-state index in [9.17, 15) is 4.79 Å². The average Bonchev–Trinajstić information content (AvgIpc) is 2.68. The van der Waals surface area contributed by atoms with Crippen molar-refractivity contribution in [2.75, 3.05) is 36.5 Å². The number of aromatic nitrogens is 1. The molecule has 1 aliphatic heterocycles. The van der Waals surface area contributed by atoms with Crippen LogP contribution in [0.3, 0.4) is 0 Å². The zero-order valence-corrected chi connectivity index (χ0v) is 14.9. The minimum atomic E-state index is -0.0428. The Hall–Kier alpha value is -2.79. The van der Waals surface area contributed by atoms with Crippen molar-refractivity contribution >= 4 is 22.3 Å². The summed E-state index contributed by atoms with van der Waals surface area (Å²) in [5, 5.41) is 4.41. The molecule has 1 fully saturated rings. The van der Waals surface area contributed by atoms with Gasteiger partial charge in [0.1, 0.15) is 0 Å². The number of hydrogen-bond acceptors (Lipinski definition) is 4. The van der Waals surface area contributed by atoms with Gasteiger partial charge in [-0.2, -0.15) is 0 Å². The number of nitrogens with zero attached hydrogens (tertiary/aromatic N) is 1. The van der Waals surface area contributed by atoms with Crippen molar-refractivity contribution in [2.45, 2.75) is 13.5 Å². The molecule has 0 radical (unpaired) electrons. The van der Waals surface area contributed by atoms with Crippen molar-refractivity contribution in [1.29, 1.82) is 0 Å². The van der Waals surface area contributed by atoms with Gasteiger partial charge in [0, 0.05) is 42.1 Å². The van der Waals surface area contributed by atoms with Crippen molar-refractivity contribution in [2.24, 2.45) is 0 Å². The molecule has 3 aromatic rings. The number of aromatic amines is 1. The lowest BCUT2D eigenvalue weighted by molar-refractivity contribution is 0.122. The van der Waals surface area contributed by atoms with Crippen molar-refractivity contribution in [3.05, 3.63) is 70.0 Å². The summed E-state index contributed by atoms with van der Waals surface area (Å²) in [6.07, 6.45) is 0. The Labute approximate surface area is 152 Å². The SMILES string of the molecule is Cc1ccc2[nH]c(=O)c(CNc3ccc(N4CCOCC4)cc3)cc2c1. The van der Waals surface area contributed by atoms with E-state index in [1.54, 1.807) is 0 Å². The predicted octanol–water partition coefficient (Wildman–Crippen LogP) is 3.29. The van der Waals surface area contributed by atoms with Crippen LogP contribution < -0.4 is 15.8 Å². The quantitative estimate of drug-likeness (QED) is 0.759. The standard InChI is InChI=1S/C21H23N3O2/c1-15-2-7-20-16(12-15)13-17(21(25)23-20)14-22-18-3-5-19(6-4-18)24-8-10-26-11-9-24/h2-7,12-13,22H,8-11,14H2,1H3,(H,23,25). The minimum absolute atomic E-state index is 0.0428. The molecule has 0 amide bonds. The maximum Gasteiger partial charge on any atom is 0.253 e. The molecular weight excluding hydrogens is 326 g/mol. The zero-order valence-electron chi connectivity index (χ0n) is 14.9. The van der Waals surface area contributed by atoms with E-state index in [1.165, 1.54) is 11.3 Å². The lowest BCUT2D eigenvalue weighted by atomic mass is 10.1. The first-order valence-electron chi connectivity index (χ1n) is 8.98. The van der Waals surface area contributed by atoms with Gasteiger partial charge in [0.2, 0.25) is 0 Å². The Morgan fingerprint density at radius 3 is 2.62 bits per heavy atom. The third-order valence-electron chi connectivity index (χ3n) is 4.80. The topological polar surface area (TPSA) is 57.4 Å². The molecule has 5 heteroatoms. The largest absolute Gasteiger partial charge is 0.381 e. The van der Waals surface area contributed by atoms with Crippen LogP contribution in [0.2, 0.25) is 0 Å². The van der Waals surface area contributed by atoms with E-state index in [2.05, 4.69) is 52.5 Å². The van der Waals surface area contributed by atoms with Gasteiger partial charge in [-0.05, 0) is 54.8 Å². The summed E-state index contributed by atoms with van der Waals surface area (Å²) < 4.78 is 5.39. The maximum absolute atomic E-state index is 12.3. The Morgan fingerprint density at radius 2 is 1.85 bits per heavy atom. The molecule has 0 spiro atoms. The Bertz CT molecular complexity index is 957. The number of rotatable bonds is 4. The summed E-state index contributed by atoms with van der Waals surface area (Å²) in [6, 6.07) is 16.4. The van der Waals surface area contributed by atoms with Gasteiger partial charge in [-0.3, -0.25) is 4.79 Å². The molecule has 26 heavy (non-hydrogen) atoms. The Morgan fingerprint density at radius 1 is 1.08 bits per heavy atom. The fourth-order valence-corrected chi connectivity index (χ4v) is 3.31. The maximum atomic E-state index is 12.3. The molecule has 0 unspecified atom stereocenters. The highest BCUT2D eigenvalue weighted by atomic mass is 16.5. The molecule has 4 rings (SSSR count). The van der Waals surface area contributed by atoms with Gasteiger partial charge in [0.15, 0.2) is 0 Å². The summed E-state index contributed by atoms with van der Waals surface area (Å²) in [5.41, 5.74) is 4.96. The second kappa shape index (κ2) is 7.22. The highest BCUT2D eigenvalue weighted by Gasteiger charge is 2.10. The van der Waals surface area contributed by atoms with Gasteiger partial charge in [-0.1, -0.05) is 11.6 Å². The van der Waals surface area contributed by atoms with Crippen molar-refractivity contribution < 1.29 is 4.74 Å². The molecule has 2 heterocycles. The van der Waals surface area contributed by atoms with E-state index in [4.69, 9.17) is 4.74 Å². The van der Waals surface area contributed by atoms with E-state index >= 15 is 0 Å². The number of morpholine rings is 1. The van der Waals surface area contributed by atoms with Gasteiger partial charge in [-0.25, -0.2) is 0 Å². The summed E-state index contributed by atoms with van der Waals surface area (Å²) in [4.78, 5) is 17.6. The van der Waals surface area contributed by atoms with E-state index in [-0.39, 0.29) is 5.56 Å². The molecule has 1 saturated heterocycles. The molecule has 0 saturated carbocycles. The first-order chi connectivity index (χ1) is 12.7. The highest BCUT2D eigenvalue weighted by molar-refractivity contribution is 5.79. The van der Waals surface area contributed by atoms with Crippen LogP contribution in [0.5, 0.6) is 0 Å². The van der Waals surface area contributed by atoms with Crippen LogP contribution in [0.25, 0.3) is 10.9 Å². The summed E-state index contributed by atoms with van der Waals surface area (Å²) in [7, 11) is 0. The molecule has 2 aromatic carbocycles. The second-order valence-corrected chi connectivity index (χ2v) is 6.71. The Balaban J connectivity index is 1.47. The fourth-order valence-electron chi connectivity index (χ4n) is 3.31. The minimum Gasteiger partial charge on any atom is -0.381 e. The summed E-state index contributed by atoms with van der Waals surface area (Å²) in [5.74, 6) is 0. The lowest BCUT2D eigenvalue weighted by Gasteiger charge is -2.28. The fraction of sp³-hybridized carbons (Fsp3) is 0.286. The molecule has 1 aromatic heterocycles. The monoisotopic (exact) mass is 349 g/mol. The third-order valence-corrected chi connectivity index (χ3v) is 4.80. The first-order valence-corrected chi connectivity index (χ1v) is 8.98.